The highest BCUT2D eigenvalue weighted by Crippen LogP contribution is 2.27. The van der Waals surface area contributed by atoms with Crippen molar-refractivity contribution in [1.29, 1.82) is 0 Å². The molecule has 1 N–H and O–H groups in total. The van der Waals surface area contributed by atoms with Crippen LogP contribution in [0.2, 0.25) is 0 Å². The Balaban J connectivity index is 3.45. The van der Waals surface area contributed by atoms with Crippen LogP contribution in [0.15, 0.2) is 17.0 Å². The molecule has 0 saturated heterocycles. The number of nitrogens with zero attached hydrogens (tertiary/aromatic N) is 2. The number of rotatable bonds is 5. The largest absolute Gasteiger partial charge is 0.480 e. The maximum absolute atomic E-state index is 12.3. The maximum Gasteiger partial charge on any atom is 0.318 e. The van der Waals surface area contributed by atoms with Crippen LogP contribution in [0.5, 0.6) is 0 Å². The van der Waals surface area contributed by atoms with E-state index in [9.17, 15) is 23.3 Å². The number of carboxylic acid groups (broad SMARTS) is 1. The number of aliphatic carboxylic acids is 1. The number of nitro groups is 1. The molecule has 0 aliphatic carbocycles. The molecule has 0 saturated carbocycles. The van der Waals surface area contributed by atoms with Gasteiger partial charge < -0.3 is 5.11 Å². The molecular formula is C11H14N2O6S. The molecule has 8 nitrogen and oxygen atoms in total. The van der Waals surface area contributed by atoms with E-state index in [4.69, 9.17) is 5.11 Å². The Morgan fingerprint density at radius 3 is 2.40 bits per heavy atom. The van der Waals surface area contributed by atoms with Gasteiger partial charge in [-0.1, -0.05) is 0 Å². The number of carbonyl (C=O) groups is 1. The predicted molar refractivity (Wildman–Crippen MR) is 70.0 cm³/mol. The SMILES string of the molecule is Cc1cc([N+](=O)[O-])cc(S(=O)(=O)N(C)CC(=O)O)c1C. The fraction of sp³-hybridized carbons (Fsp3) is 0.364. The summed E-state index contributed by atoms with van der Waals surface area (Å²) in [7, 11) is -2.99. The number of nitro benzene ring substituents is 1. The first-order valence-corrected chi connectivity index (χ1v) is 6.95. The highest BCUT2D eigenvalue weighted by Gasteiger charge is 2.27. The summed E-state index contributed by atoms with van der Waals surface area (Å²) in [6, 6.07) is 2.21. The van der Waals surface area contributed by atoms with Crippen LogP contribution in [0.3, 0.4) is 0 Å². The zero-order valence-electron chi connectivity index (χ0n) is 11.2. The minimum Gasteiger partial charge on any atom is -0.480 e. The number of sulfonamides is 1. The van der Waals surface area contributed by atoms with E-state index in [2.05, 4.69) is 0 Å². The molecule has 0 heterocycles. The second-order valence-electron chi connectivity index (χ2n) is 4.30. The van der Waals surface area contributed by atoms with Crippen molar-refractivity contribution in [3.05, 3.63) is 33.4 Å². The fourth-order valence-corrected chi connectivity index (χ4v) is 3.06. The average molecular weight is 302 g/mol. The molecule has 0 aliphatic rings. The molecule has 0 aliphatic heterocycles. The van der Waals surface area contributed by atoms with E-state index in [0.717, 1.165) is 13.1 Å². The molecule has 0 radical (unpaired) electrons. The summed E-state index contributed by atoms with van der Waals surface area (Å²) in [6.07, 6.45) is 0. The second-order valence-corrected chi connectivity index (χ2v) is 6.31. The molecule has 0 spiro atoms. The Morgan fingerprint density at radius 1 is 1.40 bits per heavy atom. The first-order chi connectivity index (χ1) is 9.07. The third-order valence-corrected chi connectivity index (χ3v) is 4.79. The zero-order valence-corrected chi connectivity index (χ0v) is 12.0. The van der Waals surface area contributed by atoms with Gasteiger partial charge in [-0.2, -0.15) is 4.31 Å². The Bertz CT molecular complexity index is 668. The van der Waals surface area contributed by atoms with Crippen LogP contribution in [0.1, 0.15) is 11.1 Å². The smallest absolute Gasteiger partial charge is 0.318 e. The molecule has 0 unspecified atom stereocenters. The van der Waals surface area contributed by atoms with Crippen molar-refractivity contribution >= 4 is 21.7 Å². The summed E-state index contributed by atoms with van der Waals surface area (Å²) in [4.78, 5) is 20.4. The van der Waals surface area contributed by atoms with Crippen molar-refractivity contribution in [2.24, 2.45) is 0 Å². The van der Waals surface area contributed by atoms with Crippen LogP contribution in [0, 0.1) is 24.0 Å². The van der Waals surface area contributed by atoms with Crippen LogP contribution in [-0.4, -0.2) is 42.3 Å². The molecular weight excluding hydrogens is 288 g/mol. The standard InChI is InChI=1S/C11H14N2O6S/c1-7-4-9(13(16)17)5-10(8(7)2)20(18,19)12(3)6-11(14)15/h4-5H,6H2,1-3H3,(H,14,15). The van der Waals surface area contributed by atoms with Crippen LogP contribution in [0.25, 0.3) is 0 Å². The lowest BCUT2D eigenvalue weighted by molar-refractivity contribution is -0.385. The Kier molecular flexibility index (Phi) is 4.46. The van der Waals surface area contributed by atoms with E-state index in [-0.39, 0.29) is 10.6 Å². The van der Waals surface area contributed by atoms with E-state index in [0.29, 0.717) is 15.4 Å². The van der Waals surface area contributed by atoms with Gasteiger partial charge in [0.2, 0.25) is 10.0 Å². The van der Waals surface area contributed by atoms with Crippen molar-refractivity contribution in [3.8, 4) is 0 Å². The van der Waals surface area contributed by atoms with Crippen LogP contribution >= 0.6 is 0 Å². The van der Waals surface area contributed by atoms with Gasteiger partial charge in [0.15, 0.2) is 0 Å². The predicted octanol–water partition coefficient (Wildman–Crippen LogP) is 0.917. The fourth-order valence-electron chi connectivity index (χ4n) is 1.63. The quantitative estimate of drug-likeness (QED) is 0.638. The van der Waals surface area contributed by atoms with E-state index in [1.165, 1.54) is 13.0 Å². The highest BCUT2D eigenvalue weighted by molar-refractivity contribution is 7.89. The number of likely N-dealkylation sites (N-methyl/N-ethyl adjacent to an activating group) is 1. The lowest BCUT2D eigenvalue weighted by Gasteiger charge is -2.17. The van der Waals surface area contributed by atoms with Gasteiger partial charge >= 0.3 is 5.97 Å². The average Bonchev–Trinajstić information content (AvgIpc) is 2.30. The molecule has 0 amide bonds. The minimum atomic E-state index is -4.10. The van der Waals surface area contributed by atoms with Gasteiger partial charge in [-0.05, 0) is 25.0 Å². The first kappa shape index (κ1) is 16.1. The second kappa shape index (κ2) is 5.55. The van der Waals surface area contributed by atoms with Gasteiger partial charge in [0, 0.05) is 19.2 Å². The van der Waals surface area contributed by atoms with E-state index in [1.54, 1.807) is 6.92 Å². The molecule has 1 aromatic rings. The monoisotopic (exact) mass is 302 g/mol. The highest BCUT2D eigenvalue weighted by atomic mass is 32.2. The lowest BCUT2D eigenvalue weighted by Crippen LogP contribution is -2.32. The van der Waals surface area contributed by atoms with Gasteiger partial charge in [0.25, 0.3) is 5.69 Å². The van der Waals surface area contributed by atoms with Gasteiger partial charge in [-0.3, -0.25) is 14.9 Å². The number of hydrogen-bond acceptors (Lipinski definition) is 5. The third kappa shape index (κ3) is 3.11. The van der Waals surface area contributed by atoms with Crippen LogP contribution < -0.4 is 0 Å². The van der Waals surface area contributed by atoms with Crippen molar-refractivity contribution < 1.29 is 23.2 Å². The Labute approximate surface area is 115 Å². The number of benzene rings is 1. The normalized spacial score (nSPS) is 11.6. The number of non-ortho nitro benzene ring substituents is 1. The molecule has 0 fully saturated rings. The summed E-state index contributed by atoms with van der Waals surface area (Å²) in [5.41, 5.74) is 0.449. The summed E-state index contributed by atoms with van der Waals surface area (Å²) in [5, 5.41) is 19.4. The molecule has 1 aromatic carbocycles. The lowest BCUT2D eigenvalue weighted by atomic mass is 10.1. The van der Waals surface area contributed by atoms with Gasteiger partial charge in [0.05, 0.1) is 9.82 Å². The van der Waals surface area contributed by atoms with Crippen molar-refractivity contribution in [3.63, 3.8) is 0 Å². The first-order valence-electron chi connectivity index (χ1n) is 5.51. The summed E-state index contributed by atoms with van der Waals surface area (Å²) in [6.45, 7) is 2.35. The molecule has 9 heteroatoms. The molecule has 0 bridgehead atoms. The zero-order chi connectivity index (χ0) is 15.7. The van der Waals surface area contributed by atoms with Crippen molar-refractivity contribution in [2.75, 3.05) is 13.6 Å². The topological polar surface area (TPSA) is 118 Å². The Hall–Kier alpha value is -2.00. The van der Waals surface area contributed by atoms with Crippen molar-refractivity contribution in [2.45, 2.75) is 18.7 Å². The summed E-state index contributed by atoms with van der Waals surface area (Å²) >= 11 is 0. The van der Waals surface area contributed by atoms with E-state index >= 15 is 0 Å². The van der Waals surface area contributed by atoms with E-state index in [1.807, 2.05) is 0 Å². The summed E-state index contributed by atoms with van der Waals surface area (Å²) in [5.74, 6) is -1.31. The van der Waals surface area contributed by atoms with Gasteiger partial charge in [0.1, 0.15) is 6.54 Å². The van der Waals surface area contributed by atoms with Crippen molar-refractivity contribution in [1.82, 2.24) is 4.31 Å². The third-order valence-electron chi connectivity index (χ3n) is 2.86. The number of carboxylic acids is 1. The molecule has 0 atom stereocenters. The van der Waals surface area contributed by atoms with Gasteiger partial charge in [-0.25, -0.2) is 8.42 Å². The molecule has 1 rings (SSSR count). The minimum absolute atomic E-state index is 0.257. The van der Waals surface area contributed by atoms with Crippen LogP contribution in [0.4, 0.5) is 5.69 Å². The molecule has 0 aromatic heterocycles. The Morgan fingerprint density at radius 2 is 1.95 bits per heavy atom. The molecule has 110 valence electrons. The number of aryl methyl sites for hydroxylation is 1. The molecule has 20 heavy (non-hydrogen) atoms. The maximum atomic E-state index is 12.3. The summed E-state index contributed by atoms with van der Waals surface area (Å²) < 4.78 is 25.2. The number of hydrogen-bond donors (Lipinski definition) is 1. The van der Waals surface area contributed by atoms with Gasteiger partial charge in [-0.15, -0.1) is 0 Å². The van der Waals surface area contributed by atoms with E-state index < -0.39 is 27.5 Å². The van der Waals surface area contributed by atoms with Crippen LogP contribution in [-0.2, 0) is 14.8 Å².